The Kier molecular flexibility index (Phi) is 3.28. The van der Waals surface area contributed by atoms with Gasteiger partial charge in [0.2, 0.25) is 0 Å². The molecule has 0 spiro atoms. The van der Waals surface area contributed by atoms with E-state index < -0.39 is 0 Å². The van der Waals surface area contributed by atoms with Crippen LogP contribution < -0.4 is 0 Å². The Morgan fingerprint density at radius 2 is 2.31 bits per heavy atom. The largest absolute Gasteiger partial charge is 0.334 e. The predicted molar refractivity (Wildman–Crippen MR) is 63.1 cm³/mol. The van der Waals surface area contributed by atoms with Gasteiger partial charge in [0.15, 0.2) is 5.82 Å². The van der Waals surface area contributed by atoms with Crippen molar-refractivity contribution in [3.63, 3.8) is 0 Å². The van der Waals surface area contributed by atoms with Gasteiger partial charge < -0.3 is 4.52 Å². The summed E-state index contributed by atoms with van der Waals surface area (Å²) in [5.41, 5.74) is 0.869. The highest BCUT2D eigenvalue weighted by Gasteiger charge is 2.11. The van der Waals surface area contributed by atoms with Crippen LogP contribution in [0.5, 0.6) is 0 Å². The predicted octanol–water partition coefficient (Wildman–Crippen LogP) is 2.38. The average molecular weight is 238 g/mol. The Labute approximate surface area is 98.2 Å². The molecule has 16 heavy (non-hydrogen) atoms. The molecule has 0 radical (unpaired) electrons. The lowest BCUT2D eigenvalue weighted by Crippen LogP contribution is -1.99. The molecule has 2 heterocycles. The summed E-state index contributed by atoms with van der Waals surface area (Å²) in [6, 6.07) is 0.335. The Balaban J connectivity index is 2.21. The maximum atomic E-state index is 5.17. The van der Waals surface area contributed by atoms with Crippen LogP contribution in [0.4, 0.5) is 0 Å². The van der Waals surface area contributed by atoms with Gasteiger partial charge in [0.1, 0.15) is 0 Å². The van der Waals surface area contributed by atoms with Crippen LogP contribution in [-0.4, -0.2) is 26.2 Å². The number of hydrogen-bond acceptors (Lipinski definition) is 5. The minimum Gasteiger partial charge on any atom is -0.334 e. The zero-order chi connectivity index (χ0) is 11.5. The minimum atomic E-state index is 0.335. The summed E-state index contributed by atoms with van der Waals surface area (Å²) >= 11 is 1.67. The van der Waals surface area contributed by atoms with Gasteiger partial charge >= 0.3 is 0 Å². The molecular weight excluding hydrogens is 224 g/mol. The summed E-state index contributed by atoms with van der Waals surface area (Å²) in [4.78, 5) is 4.29. The van der Waals surface area contributed by atoms with Gasteiger partial charge in [-0.3, -0.25) is 4.68 Å². The molecule has 86 valence electrons. The van der Waals surface area contributed by atoms with Gasteiger partial charge in [-0.1, -0.05) is 5.16 Å². The van der Waals surface area contributed by atoms with Crippen LogP contribution in [0.2, 0.25) is 0 Å². The fourth-order valence-corrected chi connectivity index (χ4v) is 1.67. The topological polar surface area (TPSA) is 56.7 Å². The molecule has 0 atom stereocenters. The van der Waals surface area contributed by atoms with Crippen LogP contribution in [0.25, 0.3) is 11.5 Å². The minimum absolute atomic E-state index is 0.335. The highest BCUT2D eigenvalue weighted by atomic mass is 32.2. The highest BCUT2D eigenvalue weighted by Crippen LogP contribution is 2.18. The second-order valence-electron chi connectivity index (χ2n) is 3.75. The lowest BCUT2D eigenvalue weighted by atomic mass is 10.3. The normalized spacial score (nSPS) is 11.2. The number of aromatic nitrogens is 4. The maximum Gasteiger partial charge on any atom is 0.261 e. The van der Waals surface area contributed by atoms with Crippen LogP contribution in [0.3, 0.4) is 0 Å². The van der Waals surface area contributed by atoms with Crippen molar-refractivity contribution in [2.24, 2.45) is 0 Å². The molecule has 0 aliphatic heterocycles. The number of hydrogen-bond donors (Lipinski definition) is 0. The maximum absolute atomic E-state index is 5.17. The van der Waals surface area contributed by atoms with Gasteiger partial charge in [-0.15, -0.1) is 0 Å². The summed E-state index contributed by atoms with van der Waals surface area (Å²) in [7, 11) is 0. The Hall–Kier alpha value is -1.30. The summed E-state index contributed by atoms with van der Waals surface area (Å²) in [5, 5.41) is 8.12. The first-order chi connectivity index (χ1) is 7.70. The van der Waals surface area contributed by atoms with E-state index in [4.69, 9.17) is 4.52 Å². The zero-order valence-electron chi connectivity index (χ0n) is 9.54. The summed E-state index contributed by atoms with van der Waals surface area (Å²) in [5.74, 6) is 2.03. The summed E-state index contributed by atoms with van der Waals surface area (Å²) in [6.45, 7) is 4.15. The molecule has 0 aromatic carbocycles. The molecule has 0 unspecified atom stereocenters. The number of rotatable bonds is 4. The van der Waals surface area contributed by atoms with Crippen LogP contribution in [-0.2, 0) is 5.75 Å². The molecule has 0 aliphatic carbocycles. The first-order valence-electron chi connectivity index (χ1n) is 5.06. The average Bonchev–Trinajstić information content (AvgIpc) is 2.84. The Morgan fingerprint density at radius 1 is 1.50 bits per heavy atom. The first-order valence-corrected chi connectivity index (χ1v) is 6.46. The van der Waals surface area contributed by atoms with Crippen molar-refractivity contribution < 1.29 is 4.52 Å². The van der Waals surface area contributed by atoms with Crippen molar-refractivity contribution in [2.75, 3.05) is 6.26 Å². The lowest BCUT2D eigenvalue weighted by molar-refractivity contribution is 0.425. The van der Waals surface area contributed by atoms with Crippen molar-refractivity contribution in [3.05, 3.63) is 18.2 Å². The standard InChI is InChI=1S/C10H14N4OS/c1-7(2)14-5-8(4-11-14)10-12-9(6-16-3)13-15-10/h4-5,7H,6H2,1-3H3. The first kappa shape index (κ1) is 11.2. The van der Waals surface area contributed by atoms with E-state index in [1.807, 2.05) is 17.1 Å². The number of thioether (sulfide) groups is 1. The van der Waals surface area contributed by atoms with Crippen LogP contribution >= 0.6 is 11.8 Å². The molecule has 0 bridgehead atoms. The molecular formula is C10H14N4OS. The third-order valence-corrected chi connectivity index (χ3v) is 2.67. The third kappa shape index (κ3) is 2.27. The molecule has 0 amide bonds. The van der Waals surface area contributed by atoms with Crippen LogP contribution in [0, 0.1) is 0 Å². The Morgan fingerprint density at radius 3 is 2.94 bits per heavy atom. The molecule has 0 aliphatic rings. The summed E-state index contributed by atoms with van der Waals surface area (Å²) < 4.78 is 7.04. The third-order valence-electron chi connectivity index (χ3n) is 2.12. The van der Waals surface area contributed by atoms with Crippen molar-refractivity contribution in [2.45, 2.75) is 25.6 Å². The molecule has 2 aromatic heterocycles. The fourth-order valence-electron chi connectivity index (χ4n) is 1.29. The molecule has 0 saturated heterocycles. The van der Waals surface area contributed by atoms with E-state index in [2.05, 4.69) is 29.1 Å². The van der Waals surface area contributed by atoms with Gasteiger partial charge in [-0.2, -0.15) is 21.8 Å². The van der Waals surface area contributed by atoms with Crippen molar-refractivity contribution in [3.8, 4) is 11.5 Å². The van der Waals surface area contributed by atoms with Gasteiger partial charge in [-0.25, -0.2) is 0 Å². The van der Waals surface area contributed by atoms with Gasteiger partial charge in [0.05, 0.1) is 17.5 Å². The second-order valence-corrected chi connectivity index (χ2v) is 4.62. The van der Waals surface area contributed by atoms with Crippen molar-refractivity contribution in [1.29, 1.82) is 0 Å². The Bertz CT molecular complexity index is 463. The zero-order valence-corrected chi connectivity index (χ0v) is 10.4. The van der Waals surface area contributed by atoms with Gasteiger partial charge in [-0.05, 0) is 20.1 Å². The quantitative estimate of drug-likeness (QED) is 0.818. The molecule has 2 aromatic rings. The van der Waals surface area contributed by atoms with Gasteiger partial charge in [0, 0.05) is 12.2 Å². The van der Waals surface area contributed by atoms with E-state index in [9.17, 15) is 0 Å². The fraction of sp³-hybridized carbons (Fsp3) is 0.500. The monoisotopic (exact) mass is 238 g/mol. The molecule has 2 rings (SSSR count). The van der Waals surface area contributed by atoms with Crippen LogP contribution in [0.1, 0.15) is 25.7 Å². The lowest BCUT2D eigenvalue weighted by Gasteiger charge is -2.02. The van der Waals surface area contributed by atoms with Crippen molar-refractivity contribution in [1.82, 2.24) is 19.9 Å². The van der Waals surface area contributed by atoms with Crippen LogP contribution in [0.15, 0.2) is 16.9 Å². The molecule has 5 nitrogen and oxygen atoms in total. The molecule has 0 saturated carbocycles. The smallest absolute Gasteiger partial charge is 0.261 e. The van der Waals surface area contributed by atoms with Gasteiger partial charge in [0.25, 0.3) is 5.89 Å². The van der Waals surface area contributed by atoms with E-state index >= 15 is 0 Å². The number of nitrogens with zero attached hydrogens (tertiary/aromatic N) is 4. The summed E-state index contributed by atoms with van der Waals surface area (Å²) in [6.07, 6.45) is 5.67. The molecule has 0 fully saturated rings. The second kappa shape index (κ2) is 4.69. The van der Waals surface area contributed by atoms with E-state index in [0.29, 0.717) is 11.9 Å². The van der Waals surface area contributed by atoms with E-state index in [1.165, 1.54) is 0 Å². The highest BCUT2D eigenvalue weighted by molar-refractivity contribution is 7.97. The molecule has 0 N–H and O–H groups in total. The van der Waals surface area contributed by atoms with Crippen molar-refractivity contribution >= 4 is 11.8 Å². The van der Waals surface area contributed by atoms with E-state index in [1.54, 1.807) is 18.0 Å². The van der Waals surface area contributed by atoms with E-state index in [0.717, 1.165) is 17.1 Å². The molecule has 6 heteroatoms. The SMILES string of the molecule is CSCc1noc(-c2cnn(C(C)C)c2)n1. The van der Waals surface area contributed by atoms with E-state index in [-0.39, 0.29) is 0 Å².